The minimum Gasteiger partial charge on any atom is -0.486 e. The lowest BCUT2D eigenvalue weighted by molar-refractivity contribution is 0.0946. The van der Waals surface area contributed by atoms with Crippen molar-refractivity contribution in [2.75, 3.05) is 0 Å². The molecule has 0 radical (unpaired) electrons. The maximum Gasteiger partial charge on any atom is 0.263 e. The third-order valence-electron chi connectivity index (χ3n) is 2.82. The summed E-state index contributed by atoms with van der Waals surface area (Å²) in [5.74, 6) is 0.748. The van der Waals surface area contributed by atoms with Crippen molar-refractivity contribution in [1.29, 1.82) is 0 Å². The predicted octanol–water partition coefficient (Wildman–Crippen LogP) is 3.48. The Bertz CT molecular complexity index is 635. The van der Waals surface area contributed by atoms with E-state index in [9.17, 15) is 4.79 Å². The largest absolute Gasteiger partial charge is 0.486 e. The number of thiazole rings is 1. The molecule has 0 aliphatic rings. The van der Waals surface area contributed by atoms with Crippen LogP contribution in [0.5, 0.6) is 5.75 Å². The zero-order valence-corrected chi connectivity index (χ0v) is 13.6. The molecule has 0 bridgehead atoms. The molecule has 0 saturated carbocycles. The molecule has 2 rings (SSSR count). The monoisotopic (exact) mass is 304 g/mol. The van der Waals surface area contributed by atoms with E-state index in [1.807, 2.05) is 52.0 Å². The molecule has 1 heterocycles. The van der Waals surface area contributed by atoms with Gasteiger partial charge in [-0.2, -0.15) is 0 Å². The van der Waals surface area contributed by atoms with Gasteiger partial charge in [-0.05, 0) is 45.4 Å². The van der Waals surface area contributed by atoms with Crippen molar-refractivity contribution in [2.24, 2.45) is 0 Å². The lowest BCUT2D eigenvalue weighted by Crippen LogP contribution is -2.29. The number of nitrogens with zero attached hydrogens (tertiary/aromatic N) is 1. The van der Waals surface area contributed by atoms with E-state index in [2.05, 4.69) is 10.3 Å². The van der Waals surface area contributed by atoms with Crippen LogP contribution in [0.3, 0.4) is 0 Å². The number of hydrogen-bond acceptors (Lipinski definition) is 4. The standard InChI is InChI=1S/C16H20N2O2S/c1-10(2)17-16(19)15-12(4)18-14(21-15)9-20-13-7-5-6-11(3)8-13/h5-8,10H,9H2,1-4H3,(H,17,19). The van der Waals surface area contributed by atoms with E-state index in [1.165, 1.54) is 11.3 Å². The summed E-state index contributed by atoms with van der Waals surface area (Å²) in [6.07, 6.45) is 0. The molecular formula is C16H20N2O2S. The smallest absolute Gasteiger partial charge is 0.263 e. The second kappa shape index (κ2) is 6.72. The average molecular weight is 304 g/mol. The van der Waals surface area contributed by atoms with Gasteiger partial charge in [0.15, 0.2) is 0 Å². The van der Waals surface area contributed by atoms with Gasteiger partial charge in [0.05, 0.1) is 5.69 Å². The van der Waals surface area contributed by atoms with Crippen LogP contribution in [0, 0.1) is 13.8 Å². The van der Waals surface area contributed by atoms with Crippen LogP contribution in [0.1, 0.15) is 39.8 Å². The zero-order chi connectivity index (χ0) is 15.4. The van der Waals surface area contributed by atoms with Gasteiger partial charge in [0, 0.05) is 6.04 Å². The molecule has 0 fully saturated rings. The second-order valence-corrected chi connectivity index (χ2v) is 6.34. The fraction of sp³-hybridized carbons (Fsp3) is 0.375. The molecule has 0 aliphatic heterocycles. The first-order valence-electron chi connectivity index (χ1n) is 6.92. The fourth-order valence-electron chi connectivity index (χ4n) is 1.90. The van der Waals surface area contributed by atoms with Crippen molar-refractivity contribution in [3.8, 4) is 5.75 Å². The van der Waals surface area contributed by atoms with Gasteiger partial charge < -0.3 is 10.1 Å². The molecule has 0 spiro atoms. The summed E-state index contributed by atoms with van der Waals surface area (Å²) >= 11 is 1.38. The van der Waals surface area contributed by atoms with Crippen molar-refractivity contribution >= 4 is 17.2 Å². The lowest BCUT2D eigenvalue weighted by Gasteiger charge is -2.06. The molecule has 2 aromatic rings. The normalized spacial score (nSPS) is 10.7. The Labute approximate surface area is 129 Å². The number of amides is 1. The van der Waals surface area contributed by atoms with Crippen LogP contribution in [0.4, 0.5) is 0 Å². The van der Waals surface area contributed by atoms with Crippen molar-refractivity contribution in [1.82, 2.24) is 10.3 Å². The van der Waals surface area contributed by atoms with E-state index >= 15 is 0 Å². The first-order valence-corrected chi connectivity index (χ1v) is 7.74. The van der Waals surface area contributed by atoms with Crippen LogP contribution in [0.2, 0.25) is 0 Å². The van der Waals surface area contributed by atoms with E-state index in [1.54, 1.807) is 0 Å². The third kappa shape index (κ3) is 4.29. The van der Waals surface area contributed by atoms with Crippen LogP contribution in [-0.2, 0) is 6.61 Å². The molecule has 0 atom stereocenters. The van der Waals surface area contributed by atoms with Gasteiger partial charge in [0.25, 0.3) is 5.91 Å². The van der Waals surface area contributed by atoms with Crippen molar-refractivity contribution in [3.05, 3.63) is 45.4 Å². The van der Waals surface area contributed by atoms with E-state index in [-0.39, 0.29) is 11.9 Å². The van der Waals surface area contributed by atoms with Gasteiger partial charge in [-0.15, -0.1) is 11.3 Å². The summed E-state index contributed by atoms with van der Waals surface area (Å²) in [5, 5.41) is 3.69. The highest BCUT2D eigenvalue weighted by Crippen LogP contribution is 2.21. The highest BCUT2D eigenvalue weighted by Gasteiger charge is 2.16. The van der Waals surface area contributed by atoms with Crippen LogP contribution in [0.15, 0.2) is 24.3 Å². The quantitative estimate of drug-likeness (QED) is 0.920. The molecule has 5 heteroatoms. The summed E-state index contributed by atoms with van der Waals surface area (Å²) in [6, 6.07) is 7.99. The highest BCUT2D eigenvalue weighted by molar-refractivity contribution is 7.13. The van der Waals surface area contributed by atoms with E-state index < -0.39 is 0 Å². The summed E-state index contributed by atoms with van der Waals surface area (Å²) in [4.78, 5) is 17.1. The molecule has 1 N–H and O–H groups in total. The maximum absolute atomic E-state index is 12.0. The minimum atomic E-state index is -0.0678. The van der Waals surface area contributed by atoms with Crippen LogP contribution in [0.25, 0.3) is 0 Å². The molecule has 1 amide bonds. The third-order valence-corrected chi connectivity index (χ3v) is 3.95. The van der Waals surface area contributed by atoms with Gasteiger partial charge in [-0.3, -0.25) is 4.79 Å². The number of hydrogen-bond donors (Lipinski definition) is 1. The van der Waals surface area contributed by atoms with Crippen LogP contribution >= 0.6 is 11.3 Å². The molecule has 21 heavy (non-hydrogen) atoms. The topological polar surface area (TPSA) is 51.2 Å². The second-order valence-electron chi connectivity index (χ2n) is 5.26. The molecule has 0 unspecified atom stereocenters. The molecule has 1 aromatic carbocycles. The number of carbonyl (C=O) groups excluding carboxylic acids is 1. The first kappa shape index (κ1) is 15.5. The first-order chi connectivity index (χ1) is 9.95. The summed E-state index contributed by atoms with van der Waals surface area (Å²) in [5.41, 5.74) is 1.90. The van der Waals surface area contributed by atoms with Crippen molar-refractivity contribution < 1.29 is 9.53 Å². The summed E-state index contributed by atoms with van der Waals surface area (Å²) in [6.45, 7) is 8.13. The number of carbonyl (C=O) groups is 1. The van der Waals surface area contributed by atoms with Gasteiger partial charge in [-0.25, -0.2) is 4.98 Å². The van der Waals surface area contributed by atoms with E-state index in [0.717, 1.165) is 22.0 Å². The highest BCUT2D eigenvalue weighted by atomic mass is 32.1. The molecular weight excluding hydrogens is 284 g/mol. The number of ether oxygens (including phenoxy) is 1. The van der Waals surface area contributed by atoms with Crippen molar-refractivity contribution in [2.45, 2.75) is 40.3 Å². The average Bonchev–Trinajstić information content (AvgIpc) is 2.77. The maximum atomic E-state index is 12.0. The SMILES string of the molecule is Cc1cccc(OCc2nc(C)c(C(=O)NC(C)C)s2)c1. The molecule has 4 nitrogen and oxygen atoms in total. The van der Waals surface area contributed by atoms with E-state index in [4.69, 9.17) is 4.74 Å². The molecule has 0 saturated heterocycles. The van der Waals surface area contributed by atoms with Gasteiger partial charge in [0.1, 0.15) is 22.2 Å². The number of nitrogens with one attached hydrogen (secondary N) is 1. The summed E-state index contributed by atoms with van der Waals surface area (Å²) in [7, 11) is 0. The van der Waals surface area contributed by atoms with Gasteiger partial charge in [0.2, 0.25) is 0 Å². The molecule has 112 valence electrons. The summed E-state index contributed by atoms with van der Waals surface area (Å²) < 4.78 is 5.72. The van der Waals surface area contributed by atoms with Gasteiger partial charge >= 0.3 is 0 Å². The Kier molecular flexibility index (Phi) is 4.96. The van der Waals surface area contributed by atoms with Crippen LogP contribution in [-0.4, -0.2) is 16.9 Å². The predicted molar refractivity (Wildman–Crippen MR) is 85.0 cm³/mol. The number of benzene rings is 1. The number of rotatable bonds is 5. The minimum absolute atomic E-state index is 0.0678. The Morgan fingerprint density at radius 2 is 2.14 bits per heavy atom. The van der Waals surface area contributed by atoms with Crippen LogP contribution < -0.4 is 10.1 Å². The van der Waals surface area contributed by atoms with E-state index in [0.29, 0.717) is 11.5 Å². The Balaban J connectivity index is 2.03. The Morgan fingerprint density at radius 3 is 2.81 bits per heavy atom. The Morgan fingerprint density at radius 1 is 1.38 bits per heavy atom. The zero-order valence-electron chi connectivity index (χ0n) is 12.8. The molecule has 0 aliphatic carbocycles. The molecule has 1 aromatic heterocycles. The lowest BCUT2D eigenvalue weighted by atomic mass is 10.2. The van der Waals surface area contributed by atoms with Gasteiger partial charge in [-0.1, -0.05) is 12.1 Å². The van der Waals surface area contributed by atoms with Crippen molar-refractivity contribution in [3.63, 3.8) is 0 Å². The number of aryl methyl sites for hydroxylation is 2. The fourth-order valence-corrected chi connectivity index (χ4v) is 2.78. The Hall–Kier alpha value is -1.88. The number of aromatic nitrogens is 1.